The number of nitrogens with zero attached hydrogens (tertiary/aromatic N) is 2. The summed E-state index contributed by atoms with van der Waals surface area (Å²) in [5.74, 6) is 0.718. The fourth-order valence-electron chi connectivity index (χ4n) is 3.29. The molecule has 31 heavy (non-hydrogen) atoms. The van der Waals surface area contributed by atoms with Gasteiger partial charge in [0.05, 0.1) is 11.4 Å². The minimum absolute atomic E-state index is 0.461. The molecule has 0 amide bonds. The Morgan fingerprint density at radius 3 is 2.16 bits per heavy atom. The maximum atomic E-state index is 11.4. The van der Waals surface area contributed by atoms with Crippen molar-refractivity contribution in [1.82, 2.24) is 9.97 Å². The summed E-state index contributed by atoms with van der Waals surface area (Å²) in [6, 6.07) is 25.7. The molecule has 0 radical (unpaired) electrons. The highest BCUT2D eigenvalue weighted by molar-refractivity contribution is 5.84. The lowest BCUT2D eigenvalue weighted by atomic mass is 10.0. The standard InChI is InChI=1S/C26H23N3O2/c1-4-23(30)31-22-16-12-20(13-17-22)26-27-24(18-8-6-5-7-9-18)25(28-26)19-10-14-21(15-11-19)29(2)3/h4-17H,1H2,2-3H3,(H,27,28). The second kappa shape index (κ2) is 8.71. The largest absolute Gasteiger partial charge is 0.423 e. The van der Waals surface area contributed by atoms with Crippen LogP contribution in [-0.2, 0) is 4.79 Å². The van der Waals surface area contributed by atoms with Crippen LogP contribution in [0.5, 0.6) is 5.75 Å². The number of imidazole rings is 1. The highest BCUT2D eigenvalue weighted by Crippen LogP contribution is 2.34. The number of H-pyrrole nitrogens is 1. The molecule has 0 saturated carbocycles. The molecule has 0 bridgehead atoms. The first-order valence-corrected chi connectivity index (χ1v) is 9.93. The van der Waals surface area contributed by atoms with Crippen LogP contribution in [-0.4, -0.2) is 30.0 Å². The number of hydrogen-bond acceptors (Lipinski definition) is 4. The second-order valence-electron chi connectivity index (χ2n) is 7.27. The van der Waals surface area contributed by atoms with Crippen molar-refractivity contribution in [2.24, 2.45) is 0 Å². The van der Waals surface area contributed by atoms with Crippen molar-refractivity contribution in [3.63, 3.8) is 0 Å². The Labute approximate surface area is 181 Å². The zero-order valence-electron chi connectivity index (χ0n) is 17.5. The number of carbonyl (C=O) groups excluding carboxylic acids is 1. The van der Waals surface area contributed by atoms with E-state index in [0.717, 1.165) is 45.7 Å². The number of aromatic amines is 1. The van der Waals surface area contributed by atoms with E-state index in [1.807, 2.05) is 44.4 Å². The lowest BCUT2D eigenvalue weighted by Crippen LogP contribution is -2.07. The van der Waals surface area contributed by atoms with Crippen LogP contribution in [0.4, 0.5) is 5.69 Å². The van der Waals surface area contributed by atoms with Crippen molar-refractivity contribution in [2.45, 2.75) is 0 Å². The van der Waals surface area contributed by atoms with Crippen molar-refractivity contribution < 1.29 is 9.53 Å². The lowest BCUT2D eigenvalue weighted by Gasteiger charge is -2.12. The van der Waals surface area contributed by atoms with Gasteiger partial charge in [-0.2, -0.15) is 0 Å². The SMILES string of the molecule is C=CC(=O)Oc1ccc(-c2nc(-c3ccccc3)c(-c3ccc(N(C)C)cc3)[nH]2)cc1. The summed E-state index contributed by atoms with van der Waals surface area (Å²) in [5, 5.41) is 0. The van der Waals surface area contributed by atoms with Crippen molar-refractivity contribution >= 4 is 11.7 Å². The zero-order chi connectivity index (χ0) is 21.8. The van der Waals surface area contributed by atoms with E-state index in [0.29, 0.717) is 5.75 Å². The Morgan fingerprint density at radius 1 is 0.903 bits per heavy atom. The summed E-state index contributed by atoms with van der Waals surface area (Å²) in [5.41, 5.74) is 5.96. The van der Waals surface area contributed by atoms with Gasteiger partial charge in [-0.3, -0.25) is 0 Å². The number of benzene rings is 3. The first kappa shape index (κ1) is 20.2. The van der Waals surface area contributed by atoms with Crippen molar-refractivity contribution in [1.29, 1.82) is 0 Å². The summed E-state index contributed by atoms with van der Waals surface area (Å²) in [4.78, 5) is 21.9. The highest BCUT2D eigenvalue weighted by atomic mass is 16.5. The Kier molecular flexibility index (Phi) is 5.67. The quantitative estimate of drug-likeness (QED) is 0.257. The molecule has 1 N–H and O–H groups in total. The number of carbonyl (C=O) groups is 1. The topological polar surface area (TPSA) is 58.2 Å². The molecule has 1 heterocycles. The maximum Gasteiger partial charge on any atom is 0.335 e. The van der Waals surface area contributed by atoms with E-state index in [1.165, 1.54) is 0 Å². The molecule has 0 saturated heterocycles. The summed E-state index contributed by atoms with van der Waals surface area (Å²) in [6.07, 6.45) is 1.14. The van der Waals surface area contributed by atoms with Crippen LogP contribution in [0.2, 0.25) is 0 Å². The van der Waals surface area contributed by atoms with Crippen molar-refractivity contribution in [3.8, 4) is 39.7 Å². The van der Waals surface area contributed by atoms with Crippen molar-refractivity contribution in [2.75, 3.05) is 19.0 Å². The smallest absolute Gasteiger partial charge is 0.335 e. The molecule has 0 aliphatic carbocycles. The fraction of sp³-hybridized carbons (Fsp3) is 0.0769. The van der Waals surface area contributed by atoms with Gasteiger partial charge in [-0.1, -0.05) is 49.0 Å². The third-order valence-electron chi connectivity index (χ3n) is 4.94. The number of rotatable bonds is 6. The molecular weight excluding hydrogens is 386 g/mol. The Bertz CT molecular complexity index is 1190. The number of hydrogen-bond donors (Lipinski definition) is 1. The van der Waals surface area contributed by atoms with Crippen LogP contribution < -0.4 is 9.64 Å². The normalized spacial score (nSPS) is 10.5. The molecule has 5 nitrogen and oxygen atoms in total. The van der Waals surface area contributed by atoms with Gasteiger partial charge in [0.25, 0.3) is 0 Å². The monoisotopic (exact) mass is 409 g/mol. The molecule has 0 fully saturated rings. The Morgan fingerprint density at radius 2 is 1.55 bits per heavy atom. The molecule has 3 aromatic carbocycles. The first-order valence-electron chi connectivity index (χ1n) is 9.93. The minimum atomic E-state index is -0.486. The van der Waals surface area contributed by atoms with Gasteiger partial charge in [-0.05, 0) is 36.4 Å². The molecule has 5 heteroatoms. The van der Waals surface area contributed by atoms with Crippen LogP contribution in [0, 0.1) is 0 Å². The van der Waals surface area contributed by atoms with Gasteiger partial charge >= 0.3 is 5.97 Å². The molecular formula is C26H23N3O2. The molecule has 1 aromatic heterocycles. The van der Waals surface area contributed by atoms with Crippen LogP contribution in [0.1, 0.15) is 0 Å². The second-order valence-corrected chi connectivity index (χ2v) is 7.27. The van der Waals surface area contributed by atoms with E-state index >= 15 is 0 Å². The lowest BCUT2D eigenvalue weighted by molar-refractivity contribution is -0.128. The van der Waals surface area contributed by atoms with Gasteiger partial charge in [0.15, 0.2) is 0 Å². The van der Waals surface area contributed by atoms with Crippen LogP contribution >= 0.6 is 0 Å². The maximum absolute atomic E-state index is 11.4. The molecule has 0 aliphatic rings. The molecule has 154 valence electrons. The van der Waals surface area contributed by atoms with E-state index in [4.69, 9.17) is 9.72 Å². The van der Waals surface area contributed by atoms with Gasteiger partial charge in [-0.25, -0.2) is 9.78 Å². The fourth-order valence-corrected chi connectivity index (χ4v) is 3.29. The van der Waals surface area contributed by atoms with Gasteiger partial charge in [0, 0.05) is 42.5 Å². The number of ether oxygens (including phenoxy) is 1. The third-order valence-corrected chi connectivity index (χ3v) is 4.94. The molecule has 4 rings (SSSR count). The van der Waals surface area contributed by atoms with E-state index in [1.54, 1.807) is 12.1 Å². The van der Waals surface area contributed by atoms with Crippen LogP contribution in [0.25, 0.3) is 33.9 Å². The summed E-state index contributed by atoms with van der Waals surface area (Å²) < 4.78 is 5.16. The summed E-state index contributed by atoms with van der Waals surface area (Å²) >= 11 is 0. The van der Waals surface area contributed by atoms with E-state index < -0.39 is 5.97 Å². The van der Waals surface area contributed by atoms with Crippen LogP contribution in [0.3, 0.4) is 0 Å². The number of nitrogens with one attached hydrogen (secondary N) is 1. The van der Waals surface area contributed by atoms with E-state index in [2.05, 4.69) is 52.9 Å². The van der Waals surface area contributed by atoms with Crippen LogP contribution in [0.15, 0.2) is 91.5 Å². The molecule has 4 aromatic rings. The van der Waals surface area contributed by atoms with Gasteiger partial charge in [0.2, 0.25) is 0 Å². The number of aromatic nitrogens is 2. The Balaban J connectivity index is 1.75. The average molecular weight is 409 g/mol. The average Bonchev–Trinajstić information content (AvgIpc) is 3.25. The third kappa shape index (κ3) is 4.41. The first-order chi connectivity index (χ1) is 15.0. The number of esters is 1. The van der Waals surface area contributed by atoms with Gasteiger partial charge < -0.3 is 14.6 Å². The Hall–Kier alpha value is -4.12. The molecule has 0 aliphatic heterocycles. The predicted molar refractivity (Wildman–Crippen MR) is 125 cm³/mol. The summed E-state index contributed by atoms with van der Waals surface area (Å²) in [7, 11) is 4.05. The predicted octanol–water partition coefficient (Wildman–Crippen LogP) is 5.57. The molecule has 0 spiro atoms. The minimum Gasteiger partial charge on any atom is -0.423 e. The van der Waals surface area contributed by atoms with Gasteiger partial charge in [0.1, 0.15) is 11.6 Å². The van der Waals surface area contributed by atoms with E-state index in [-0.39, 0.29) is 0 Å². The van der Waals surface area contributed by atoms with Crippen molar-refractivity contribution in [3.05, 3.63) is 91.5 Å². The number of anilines is 1. The zero-order valence-corrected chi connectivity index (χ0v) is 17.5. The molecule has 0 atom stereocenters. The van der Waals surface area contributed by atoms with Gasteiger partial charge in [-0.15, -0.1) is 0 Å². The summed E-state index contributed by atoms with van der Waals surface area (Å²) in [6.45, 7) is 3.41. The van der Waals surface area contributed by atoms with E-state index in [9.17, 15) is 4.79 Å². The highest BCUT2D eigenvalue weighted by Gasteiger charge is 2.15. The molecule has 0 unspecified atom stereocenters.